The molecular formula is C22H28N2O2S. The fourth-order valence-electron chi connectivity index (χ4n) is 3.27. The third-order valence-electron chi connectivity index (χ3n) is 5.05. The van der Waals surface area contributed by atoms with Crippen molar-refractivity contribution in [3.8, 4) is 5.75 Å². The van der Waals surface area contributed by atoms with Gasteiger partial charge in [0.2, 0.25) is 0 Å². The Balaban J connectivity index is 1.70. The average Bonchev–Trinajstić information content (AvgIpc) is 2.72. The molecule has 0 unspecified atom stereocenters. The Morgan fingerprint density at radius 3 is 2.41 bits per heavy atom. The summed E-state index contributed by atoms with van der Waals surface area (Å²) in [5.41, 5.74) is 3.06. The van der Waals surface area contributed by atoms with Gasteiger partial charge in [-0.2, -0.15) is 0 Å². The van der Waals surface area contributed by atoms with E-state index < -0.39 is 0 Å². The lowest BCUT2D eigenvalue weighted by molar-refractivity contribution is 0.0643. The molecule has 0 aliphatic carbocycles. The van der Waals surface area contributed by atoms with Gasteiger partial charge in [0.1, 0.15) is 5.75 Å². The Bertz CT molecular complexity index is 768. The van der Waals surface area contributed by atoms with Gasteiger partial charge in [-0.05, 0) is 43.8 Å². The molecule has 1 aliphatic heterocycles. The number of ether oxygens (including phenoxy) is 1. The Morgan fingerprint density at radius 1 is 1.07 bits per heavy atom. The summed E-state index contributed by atoms with van der Waals surface area (Å²) in [5.74, 6) is 1.73. The molecular weight excluding hydrogens is 356 g/mol. The van der Waals surface area contributed by atoms with E-state index in [-0.39, 0.29) is 5.91 Å². The highest BCUT2D eigenvalue weighted by Crippen LogP contribution is 2.29. The van der Waals surface area contributed by atoms with E-state index in [9.17, 15) is 4.79 Å². The number of rotatable bonds is 6. The number of hydrogen-bond acceptors (Lipinski definition) is 4. The van der Waals surface area contributed by atoms with Crippen LogP contribution >= 0.6 is 11.8 Å². The zero-order valence-electron chi connectivity index (χ0n) is 16.4. The predicted octanol–water partition coefficient (Wildman–Crippen LogP) is 4.07. The predicted molar refractivity (Wildman–Crippen MR) is 112 cm³/mol. The maximum absolute atomic E-state index is 12.9. The van der Waals surface area contributed by atoms with E-state index in [1.807, 2.05) is 23.1 Å². The van der Waals surface area contributed by atoms with Crippen molar-refractivity contribution in [2.24, 2.45) is 0 Å². The number of amides is 1. The number of piperazine rings is 1. The SMILES string of the molecule is CCN1CCN(C(=O)c2ccc(OC)c(CSc3ccc(C)cc3)c2)CC1. The number of methoxy groups -OCH3 is 1. The molecule has 1 saturated heterocycles. The fourth-order valence-corrected chi connectivity index (χ4v) is 4.15. The van der Waals surface area contributed by atoms with Crippen molar-refractivity contribution in [1.82, 2.24) is 9.80 Å². The quantitative estimate of drug-likeness (QED) is 0.703. The van der Waals surface area contributed by atoms with Crippen LogP contribution in [0.1, 0.15) is 28.4 Å². The van der Waals surface area contributed by atoms with Crippen LogP contribution in [0.3, 0.4) is 0 Å². The summed E-state index contributed by atoms with van der Waals surface area (Å²) in [5, 5.41) is 0. The van der Waals surface area contributed by atoms with Crippen LogP contribution in [0.25, 0.3) is 0 Å². The summed E-state index contributed by atoms with van der Waals surface area (Å²) < 4.78 is 5.52. The summed E-state index contributed by atoms with van der Waals surface area (Å²) >= 11 is 1.76. The summed E-state index contributed by atoms with van der Waals surface area (Å²) in [7, 11) is 1.68. The number of benzene rings is 2. The van der Waals surface area contributed by atoms with Gasteiger partial charge in [0.25, 0.3) is 5.91 Å². The van der Waals surface area contributed by atoms with Crippen molar-refractivity contribution >= 4 is 17.7 Å². The molecule has 144 valence electrons. The average molecular weight is 385 g/mol. The number of carbonyl (C=O) groups is 1. The van der Waals surface area contributed by atoms with Gasteiger partial charge < -0.3 is 14.5 Å². The van der Waals surface area contributed by atoms with Crippen LogP contribution < -0.4 is 4.74 Å². The number of likely N-dealkylation sites (N-methyl/N-ethyl adjacent to an activating group) is 1. The van der Waals surface area contributed by atoms with Gasteiger partial charge in [-0.3, -0.25) is 4.79 Å². The van der Waals surface area contributed by atoms with Crippen molar-refractivity contribution in [2.75, 3.05) is 39.8 Å². The Kier molecular flexibility index (Phi) is 6.80. The van der Waals surface area contributed by atoms with Crippen LogP contribution in [0.5, 0.6) is 5.75 Å². The van der Waals surface area contributed by atoms with E-state index in [4.69, 9.17) is 4.74 Å². The Hall–Kier alpha value is -1.98. The van der Waals surface area contributed by atoms with Crippen LogP contribution in [-0.2, 0) is 5.75 Å². The topological polar surface area (TPSA) is 32.8 Å². The molecule has 1 aliphatic rings. The highest BCUT2D eigenvalue weighted by molar-refractivity contribution is 7.98. The molecule has 0 atom stereocenters. The first-order valence-corrected chi connectivity index (χ1v) is 10.5. The van der Waals surface area contributed by atoms with Gasteiger partial charge in [0.15, 0.2) is 0 Å². The van der Waals surface area contributed by atoms with Gasteiger partial charge >= 0.3 is 0 Å². The second kappa shape index (κ2) is 9.29. The normalized spacial score (nSPS) is 15.0. The molecule has 1 amide bonds. The number of nitrogens with zero attached hydrogens (tertiary/aromatic N) is 2. The number of carbonyl (C=O) groups excluding carboxylic acids is 1. The monoisotopic (exact) mass is 384 g/mol. The third kappa shape index (κ3) is 5.05. The second-order valence-corrected chi connectivity index (χ2v) is 7.90. The first-order valence-electron chi connectivity index (χ1n) is 9.48. The van der Waals surface area contributed by atoms with E-state index >= 15 is 0 Å². The Labute approximate surface area is 166 Å². The molecule has 3 rings (SSSR count). The van der Waals surface area contributed by atoms with E-state index in [1.54, 1.807) is 18.9 Å². The molecule has 4 nitrogen and oxygen atoms in total. The molecule has 2 aromatic carbocycles. The summed E-state index contributed by atoms with van der Waals surface area (Å²) in [6.07, 6.45) is 0. The van der Waals surface area contributed by atoms with Gasteiger partial charge in [-0.1, -0.05) is 24.6 Å². The zero-order chi connectivity index (χ0) is 19.2. The van der Waals surface area contributed by atoms with Gasteiger partial charge in [-0.15, -0.1) is 11.8 Å². The summed E-state index contributed by atoms with van der Waals surface area (Å²) in [6, 6.07) is 14.3. The molecule has 2 aromatic rings. The highest BCUT2D eigenvalue weighted by Gasteiger charge is 2.22. The first-order chi connectivity index (χ1) is 13.1. The minimum atomic E-state index is 0.120. The number of thioether (sulfide) groups is 1. The van der Waals surface area contributed by atoms with Crippen molar-refractivity contribution in [3.63, 3.8) is 0 Å². The van der Waals surface area contributed by atoms with Crippen LogP contribution in [0, 0.1) is 6.92 Å². The minimum absolute atomic E-state index is 0.120. The van der Waals surface area contributed by atoms with Crippen LogP contribution in [0.4, 0.5) is 0 Å². The molecule has 0 spiro atoms. The summed E-state index contributed by atoms with van der Waals surface area (Å²) in [4.78, 5) is 18.5. The lowest BCUT2D eigenvalue weighted by atomic mass is 10.1. The molecule has 1 heterocycles. The number of aryl methyl sites for hydroxylation is 1. The Morgan fingerprint density at radius 2 is 1.78 bits per heavy atom. The van der Waals surface area contributed by atoms with E-state index in [1.165, 1.54) is 10.5 Å². The zero-order valence-corrected chi connectivity index (χ0v) is 17.2. The van der Waals surface area contributed by atoms with E-state index in [2.05, 4.69) is 43.0 Å². The summed E-state index contributed by atoms with van der Waals surface area (Å²) in [6.45, 7) is 8.80. The second-order valence-electron chi connectivity index (χ2n) is 6.85. The van der Waals surface area contributed by atoms with Gasteiger partial charge in [0.05, 0.1) is 7.11 Å². The molecule has 0 aromatic heterocycles. The largest absolute Gasteiger partial charge is 0.496 e. The maximum atomic E-state index is 12.9. The van der Waals surface area contributed by atoms with Crippen LogP contribution in [0.15, 0.2) is 47.4 Å². The van der Waals surface area contributed by atoms with Crippen molar-refractivity contribution < 1.29 is 9.53 Å². The van der Waals surface area contributed by atoms with Gasteiger partial charge in [0, 0.05) is 48.0 Å². The lowest BCUT2D eigenvalue weighted by Gasteiger charge is -2.34. The third-order valence-corrected chi connectivity index (χ3v) is 6.11. The lowest BCUT2D eigenvalue weighted by Crippen LogP contribution is -2.48. The van der Waals surface area contributed by atoms with E-state index in [0.29, 0.717) is 0 Å². The number of hydrogen-bond donors (Lipinski definition) is 0. The van der Waals surface area contributed by atoms with Crippen LogP contribution in [-0.4, -0.2) is 55.5 Å². The van der Waals surface area contributed by atoms with E-state index in [0.717, 1.165) is 55.4 Å². The van der Waals surface area contributed by atoms with Crippen molar-refractivity contribution in [2.45, 2.75) is 24.5 Å². The fraction of sp³-hybridized carbons (Fsp3) is 0.409. The standard InChI is InChI=1S/C22H28N2O2S/c1-4-23-11-13-24(14-12-23)22(25)18-7-10-21(26-3)19(15-18)16-27-20-8-5-17(2)6-9-20/h5-10,15H,4,11-14,16H2,1-3H3. The molecule has 27 heavy (non-hydrogen) atoms. The molecule has 1 fully saturated rings. The van der Waals surface area contributed by atoms with Crippen LogP contribution in [0.2, 0.25) is 0 Å². The van der Waals surface area contributed by atoms with Crippen molar-refractivity contribution in [1.29, 1.82) is 0 Å². The molecule has 5 heteroatoms. The minimum Gasteiger partial charge on any atom is -0.496 e. The molecule has 0 saturated carbocycles. The smallest absolute Gasteiger partial charge is 0.253 e. The molecule has 0 radical (unpaired) electrons. The highest BCUT2D eigenvalue weighted by atomic mass is 32.2. The molecule has 0 N–H and O–H groups in total. The maximum Gasteiger partial charge on any atom is 0.253 e. The first kappa shape index (κ1) is 19.8. The van der Waals surface area contributed by atoms with Crippen molar-refractivity contribution in [3.05, 3.63) is 59.2 Å². The molecule has 0 bridgehead atoms. The van der Waals surface area contributed by atoms with Gasteiger partial charge in [-0.25, -0.2) is 0 Å².